The molecular weight excluding hydrogens is 533 g/mol. The van der Waals surface area contributed by atoms with Crippen LogP contribution in [0.2, 0.25) is 0 Å². The van der Waals surface area contributed by atoms with Gasteiger partial charge in [0.1, 0.15) is 17.4 Å². The first-order valence-corrected chi connectivity index (χ1v) is 13.5. The molecule has 0 N–H and O–H groups in total. The second-order valence-electron chi connectivity index (χ2n) is 11.0. The van der Waals surface area contributed by atoms with Crippen LogP contribution in [0.5, 0.6) is 5.75 Å². The molecule has 1 fully saturated rings. The zero-order valence-corrected chi connectivity index (χ0v) is 21.9. The van der Waals surface area contributed by atoms with Crippen LogP contribution in [0.3, 0.4) is 0 Å². The maximum atomic E-state index is 15.1. The lowest BCUT2D eigenvalue weighted by Gasteiger charge is -2.29. The first-order chi connectivity index (χ1) is 19.0. The van der Waals surface area contributed by atoms with Crippen molar-refractivity contribution in [1.82, 2.24) is 0 Å². The molecule has 1 saturated carbocycles. The fourth-order valence-corrected chi connectivity index (χ4v) is 5.82. The van der Waals surface area contributed by atoms with Crippen molar-refractivity contribution in [2.75, 3.05) is 0 Å². The quantitative estimate of drug-likeness (QED) is 0.165. The number of allylic oxidation sites excluding steroid dienone is 1. The standard InChI is InChI=1S/C32H29F7O/c1-18-2-4-19(5-3-18)21-8-12-25(27(33)14-21)20-6-9-23(10-7-20)32(38,39)40-24-11-13-26(28(34)17-24)22-15-29(35)31(37)30(36)16-22/h8-9,11-20H,2-7,10H2,1H3. The van der Waals surface area contributed by atoms with Crippen molar-refractivity contribution in [3.63, 3.8) is 0 Å². The van der Waals surface area contributed by atoms with Gasteiger partial charge in [0.05, 0.1) is 0 Å². The van der Waals surface area contributed by atoms with Crippen molar-refractivity contribution < 1.29 is 35.5 Å². The monoisotopic (exact) mass is 562 g/mol. The van der Waals surface area contributed by atoms with Crippen molar-refractivity contribution in [2.45, 2.75) is 69.8 Å². The zero-order valence-electron chi connectivity index (χ0n) is 21.9. The molecule has 5 rings (SSSR count). The first-order valence-electron chi connectivity index (χ1n) is 13.5. The lowest BCUT2D eigenvalue weighted by Crippen LogP contribution is -2.29. The van der Waals surface area contributed by atoms with Gasteiger partial charge in [-0.15, -0.1) is 0 Å². The van der Waals surface area contributed by atoms with Gasteiger partial charge in [-0.05, 0) is 96.9 Å². The highest BCUT2D eigenvalue weighted by molar-refractivity contribution is 5.65. The predicted octanol–water partition coefficient (Wildman–Crippen LogP) is 10.2. The first kappa shape index (κ1) is 28.2. The van der Waals surface area contributed by atoms with E-state index in [4.69, 9.17) is 4.74 Å². The molecule has 0 bridgehead atoms. The second-order valence-corrected chi connectivity index (χ2v) is 11.0. The third-order valence-electron chi connectivity index (χ3n) is 8.22. The van der Waals surface area contributed by atoms with E-state index in [1.54, 1.807) is 12.1 Å². The summed E-state index contributed by atoms with van der Waals surface area (Å²) in [7, 11) is 0. The third-order valence-corrected chi connectivity index (χ3v) is 8.22. The molecule has 2 aliphatic carbocycles. The Morgan fingerprint density at radius 3 is 2.02 bits per heavy atom. The van der Waals surface area contributed by atoms with Crippen molar-refractivity contribution in [1.29, 1.82) is 0 Å². The molecule has 0 aromatic heterocycles. The van der Waals surface area contributed by atoms with Crippen LogP contribution in [0.15, 0.2) is 60.2 Å². The number of hydrogen-bond donors (Lipinski definition) is 0. The Hall–Kier alpha value is -3.29. The molecule has 212 valence electrons. The Bertz CT molecular complexity index is 1400. The highest BCUT2D eigenvalue weighted by atomic mass is 19.3. The van der Waals surface area contributed by atoms with Gasteiger partial charge in [0.15, 0.2) is 17.5 Å². The minimum atomic E-state index is -3.74. The average Bonchev–Trinajstić information content (AvgIpc) is 2.92. The van der Waals surface area contributed by atoms with Crippen LogP contribution in [-0.4, -0.2) is 6.11 Å². The molecule has 1 nitrogen and oxygen atoms in total. The second kappa shape index (κ2) is 11.3. The van der Waals surface area contributed by atoms with E-state index in [0.717, 1.165) is 43.4 Å². The molecule has 0 radical (unpaired) electrons. The van der Waals surface area contributed by atoms with Crippen LogP contribution in [0.4, 0.5) is 30.7 Å². The van der Waals surface area contributed by atoms with Crippen LogP contribution in [0.25, 0.3) is 11.1 Å². The van der Waals surface area contributed by atoms with Gasteiger partial charge in [0.25, 0.3) is 0 Å². The molecule has 3 aromatic rings. The normalized spacial score (nSPS) is 21.7. The van der Waals surface area contributed by atoms with Gasteiger partial charge in [0.2, 0.25) is 0 Å². The van der Waals surface area contributed by atoms with E-state index < -0.39 is 35.1 Å². The molecule has 0 saturated heterocycles. The smallest absolute Gasteiger partial charge is 0.422 e. The van der Waals surface area contributed by atoms with Gasteiger partial charge in [-0.25, -0.2) is 22.0 Å². The number of benzene rings is 3. The summed E-state index contributed by atoms with van der Waals surface area (Å²) in [6, 6.07) is 9.31. The summed E-state index contributed by atoms with van der Waals surface area (Å²) in [6.45, 7) is 2.23. The third kappa shape index (κ3) is 5.91. The van der Waals surface area contributed by atoms with Crippen molar-refractivity contribution in [3.05, 3.63) is 100 Å². The van der Waals surface area contributed by atoms with Crippen LogP contribution < -0.4 is 4.74 Å². The Balaban J connectivity index is 1.25. The van der Waals surface area contributed by atoms with E-state index in [-0.39, 0.29) is 41.3 Å². The molecule has 3 aromatic carbocycles. The number of alkyl halides is 2. The van der Waals surface area contributed by atoms with E-state index in [1.807, 2.05) is 6.07 Å². The molecule has 0 aliphatic heterocycles. The molecule has 1 unspecified atom stereocenters. The highest BCUT2D eigenvalue weighted by Gasteiger charge is 2.39. The molecule has 8 heteroatoms. The van der Waals surface area contributed by atoms with Gasteiger partial charge in [-0.1, -0.05) is 38.0 Å². The van der Waals surface area contributed by atoms with E-state index in [0.29, 0.717) is 42.0 Å². The Morgan fingerprint density at radius 2 is 1.43 bits per heavy atom. The largest absolute Gasteiger partial charge is 0.429 e. The highest BCUT2D eigenvalue weighted by Crippen LogP contribution is 2.42. The van der Waals surface area contributed by atoms with Gasteiger partial charge in [-0.3, -0.25) is 0 Å². The predicted molar refractivity (Wildman–Crippen MR) is 139 cm³/mol. The fourth-order valence-electron chi connectivity index (χ4n) is 5.82. The number of hydrogen-bond acceptors (Lipinski definition) is 1. The van der Waals surface area contributed by atoms with E-state index in [9.17, 15) is 26.3 Å². The van der Waals surface area contributed by atoms with Crippen molar-refractivity contribution >= 4 is 0 Å². The minimum Gasteiger partial charge on any atom is -0.429 e. The number of ether oxygens (including phenoxy) is 1. The van der Waals surface area contributed by atoms with Gasteiger partial charge >= 0.3 is 6.11 Å². The molecular formula is C32H29F7O. The lowest BCUT2D eigenvalue weighted by molar-refractivity contribution is -0.145. The van der Waals surface area contributed by atoms with Crippen LogP contribution in [0.1, 0.15) is 74.8 Å². The summed E-state index contributed by atoms with van der Waals surface area (Å²) < 4.78 is 105. The lowest BCUT2D eigenvalue weighted by atomic mass is 9.78. The SMILES string of the molecule is CC1CCC(c2ccc(C3CC=C(C(F)(F)Oc4ccc(-c5cc(F)c(F)c(F)c5)c(F)c4)CC3)c(F)c2)CC1. The van der Waals surface area contributed by atoms with Crippen LogP contribution in [-0.2, 0) is 0 Å². The number of rotatable bonds is 6. The molecule has 40 heavy (non-hydrogen) atoms. The van der Waals surface area contributed by atoms with Crippen molar-refractivity contribution in [2.24, 2.45) is 5.92 Å². The Morgan fingerprint density at radius 1 is 0.725 bits per heavy atom. The number of halogens is 7. The molecule has 1 atom stereocenters. The summed E-state index contributed by atoms with van der Waals surface area (Å²) in [5.41, 5.74) is 0.622. The summed E-state index contributed by atoms with van der Waals surface area (Å²) in [6.07, 6.45) is 2.43. The van der Waals surface area contributed by atoms with Gasteiger partial charge in [0, 0.05) is 17.2 Å². The maximum Gasteiger partial charge on any atom is 0.422 e. The maximum absolute atomic E-state index is 15.1. The topological polar surface area (TPSA) is 9.23 Å². The summed E-state index contributed by atoms with van der Waals surface area (Å²) >= 11 is 0. The minimum absolute atomic E-state index is 0.0337. The summed E-state index contributed by atoms with van der Waals surface area (Å²) in [5, 5.41) is 0. The molecule has 2 aliphatic rings. The molecule has 0 amide bonds. The van der Waals surface area contributed by atoms with E-state index in [1.165, 1.54) is 6.08 Å². The van der Waals surface area contributed by atoms with E-state index >= 15 is 4.39 Å². The summed E-state index contributed by atoms with van der Waals surface area (Å²) in [5.74, 6) is -5.76. The van der Waals surface area contributed by atoms with Crippen LogP contribution in [0, 0.1) is 35.0 Å². The van der Waals surface area contributed by atoms with Crippen molar-refractivity contribution in [3.8, 4) is 16.9 Å². The fraction of sp³-hybridized carbons (Fsp3) is 0.375. The summed E-state index contributed by atoms with van der Waals surface area (Å²) in [4.78, 5) is 0. The van der Waals surface area contributed by atoms with Crippen LogP contribution >= 0.6 is 0 Å². The van der Waals surface area contributed by atoms with E-state index in [2.05, 4.69) is 6.92 Å². The van der Waals surface area contributed by atoms with Gasteiger partial charge in [-0.2, -0.15) is 8.78 Å². The van der Waals surface area contributed by atoms with Gasteiger partial charge < -0.3 is 4.74 Å². The molecule has 0 spiro atoms. The average molecular weight is 563 g/mol. The molecule has 0 heterocycles. The Labute approximate surface area is 228 Å². The zero-order chi connectivity index (χ0) is 28.6. The Kier molecular flexibility index (Phi) is 7.98.